The highest BCUT2D eigenvalue weighted by Gasteiger charge is 2.14. The Bertz CT molecular complexity index is 1240. The van der Waals surface area contributed by atoms with Gasteiger partial charge >= 0.3 is 0 Å². The maximum Gasteiger partial charge on any atom is 0.255 e. The van der Waals surface area contributed by atoms with Crippen molar-refractivity contribution >= 4 is 38.6 Å². The lowest BCUT2D eigenvalue weighted by Crippen LogP contribution is -2.24. The van der Waals surface area contributed by atoms with E-state index in [0.717, 1.165) is 21.6 Å². The van der Waals surface area contributed by atoms with E-state index in [2.05, 4.69) is 14.7 Å². The number of phenolic OH excluding ortho intramolecular Hbond substituents is 1. The van der Waals surface area contributed by atoms with Crippen LogP contribution in [-0.4, -0.2) is 26.9 Å². The van der Waals surface area contributed by atoms with Crippen LogP contribution in [0, 0.1) is 6.92 Å². The quantitative estimate of drug-likeness (QED) is 0.452. The van der Waals surface area contributed by atoms with Crippen molar-refractivity contribution in [2.24, 2.45) is 0 Å². The summed E-state index contributed by atoms with van der Waals surface area (Å²) in [4.78, 5) is 29.1. The molecule has 0 saturated heterocycles. The van der Waals surface area contributed by atoms with E-state index in [1.807, 2.05) is 25.1 Å². The van der Waals surface area contributed by atoms with Crippen molar-refractivity contribution in [2.45, 2.75) is 19.8 Å². The molecule has 0 aliphatic rings. The standard InChI is InChI=1S/C21H19N3O3S/c1-12-8-9-15-14(11-12)19(26)18-16(24-28-21(18)23-15)6-4-10-22-20(27)13-5-2-3-7-17(13)25/h2-3,5,7-9,11,25H,4,6,10H2,1H3,(H,22,27)(H,23,26). The number of aromatic hydroxyl groups is 1. The van der Waals surface area contributed by atoms with E-state index in [-0.39, 0.29) is 22.6 Å². The number of rotatable bonds is 5. The van der Waals surface area contributed by atoms with Gasteiger partial charge < -0.3 is 15.4 Å². The molecule has 142 valence electrons. The third kappa shape index (κ3) is 3.36. The Balaban J connectivity index is 1.49. The average molecular weight is 393 g/mol. The number of nitrogens with zero attached hydrogens (tertiary/aromatic N) is 1. The zero-order valence-electron chi connectivity index (χ0n) is 15.3. The van der Waals surface area contributed by atoms with Crippen molar-refractivity contribution in [1.29, 1.82) is 0 Å². The van der Waals surface area contributed by atoms with Gasteiger partial charge in [0.2, 0.25) is 0 Å². The molecule has 0 fully saturated rings. The number of phenols is 1. The number of aromatic nitrogens is 2. The molecule has 2 aromatic carbocycles. The fraction of sp³-hybridized carbons (Fsp3) is 0.190. The second-order valence-electron chi connectivity index (χ2n) is 6.71. The van der Waals surface area contributed by atoms with Crippen LogP contribution < -0.4 is 10.7 Å². The van der Waals surface area contributed by atoms with Crippen molar-refractivity contribution in [1.82, 2.24) is 14.7 Å². The molecule has 0 atom stereocenters. The lowest BCUT2D eigenvalue weighted by Gasteiger charge is -2.06. The molecule has 4 rings (SSSR count). The summed E-state index contributed by atoms with van der Waals surface area (Å²) in [5.74, 6) is -0.361. The molecule has 1 amide bonds. The summed E-state index contributed by atoms with van der Waals surface area (Å²) >= 11 is 1.28. The highest BCUT2D eigenvalue weighted by molar-refractivity contribution is 7.13. The van der Waals surface area contributed by atoms with Crippen LogP contribution in [0.3, 0.4) is 0 Å². The lowest BCUT2D eigenvalue weighted by molar-refractivity contribution is 0.0950. The molecule has 28 heavy (non-hydrogen) atoms. The van der Waals surface area contributed by atoms with Crippen molar-refractivity contribution in [3.63, 3.8) is 0 Å². The Morgan fingerprint density at radius 2 is 2.07 bits per heavy atom. The SMILES string of the molecule is Cc1ccc2[nH]c3snc(CCCNC(=O)c4ccccc4O)c3c(=O)c2c1. The summed E-state index contributed by atoms with van der Waals surface area (Å²) in [6.07, 6.45) is 1.23. The fourth-order valence-corrected chi connectivity index (χ4v) is 4.09. The topological polar surface area (TPSA) is 95.1 Å². The van der Waals surface area contributed by atoms with Gasteiger partial charge in [0.25, 0.3) is 5.91 Å². The molecule has 2 heterocycles. The molecular weight excluding hydrogens is 374 g/mol. The molecule has 4 aromatic rings. The number of carbonyl (C=O) groups excluding carboxylic acids is 1. The molecule has 7 heteroatoms. The second-order valence-corrected chi connectivity index (χ2v) is 7.49. The molecule has 3 N–H and O–H groups in total. The third-order valence-electron chi connectivity index (χ3n) is 4.68. The first-order valence-electron chi connectivity index (χ1n) is 9.01. The largest absolute Gasteiger partial charge is 0.507 e. The van der Waals surface area contributed by atoms with Crippen LogP contribution in [0.25, 0.3) is 21.1 Å². The molecule has 0 radical (unpaired) electrons. The van der Waals surface area contributed by atoms with E-state index >= 15 is 0 Å². The van der Waals surface area contributed by atoms with Crippen LogP contribution >= 0.6 is 11.5 Å². The second kappa shape index (κ2) is 7.44. The number of nitrogens with one attached hydrogen (secondary N) is 2. The zero-order valence-corrected chi connectivity index (χ0v) is 16.1. The predicted octanol–water partition coefficient (Wildman–Crippen LogP) is 3.51. The van der Waals surface area contributed by atoms with Gasteiger partial charge in [-0.2, -0.15) is 4.37 Å². The van der Waals surface area contributed by atoms with Crippen molar-refractivity contribution in [3.05, 3.63) is 69.5 Å². The van der Waals surface area contributed by atoms with Gasteiger partial charge in [-0.25, -0.2) is 0 Å². The van der Waals surface area contributed by atoms with Gasteiger partial charge in [0.1, 0.15) is 10.6 Å². The van der Waals surface area contributed by atoms with Crippen molar-refractivity contribution < 1.29 is 9.90 Å². The number of para-hydroxylation sites is 1. The number of pyridine rings is 1. The highest BCUT2D eigenvalue weighted by atomic mass is 32.1. The molecular formula is C21H19N3O3S. The number of hydrogen-bond acceptors (Lipinski definition) is 5. The summed E-state index contributed by atoms with van der Waals surface area (Å²) in [5, 5.41) is 13.8. The first-order valence-corrected chi connectivity index (χ1v) is 9.79. The van der Waals surface area contributed by atoms with E-state index < -0.39 is 0 Å². The van der Waals surface area contributed by atoms with E-state index in [4.69, 9.17) is 0 Å². The van der Waals surface area contributed by atoms with Crippen LogP contribution in [0.1, 0.15) is 28.0 Å². The van der Waals surface area contributed by atoms with Crippen molar-refractivity contribution in [2.75, 3.05) is 6.54 Å². The molecule has 0 bridgehead atoms. The van der Waals surface area contributed by atoms with E-state index in [1.54, 1.807) is 18.2 Å². The minimum atomic E-state index is -0.319. The molecule has 0 unspecified atom stereocenters. The van der Waals surface area contributed by atoms with Crippen LogP contribution in [0.15, 0.2) is 47.3 Å². The molecule has 0 aliphatic carbocycles. The molecule has 0 spiro atoms. The predicted molar refractivity (Wildman–Crippen MR) is 111 cm³/mol. The number of H-pyrrole nitrogens is 1. The summed E-state index contributed by atoms with van der Waals surface area (Å²) < 4.78 is 4.45. The Hall–Kier alpha value is -3.19. The summed E-state index contributed by atoms with van der Waals surface area (Å²) in [6, 6.07) is 12.2. The van der Waals surface area contributed by atoms with Gasteiger partial charge in [-0.15, -0.1) is 0 Å². The van der Waals surface area contributed by atoms with Crippen LogP contribution in [0.4, 0.5) is 0 Å². The lowest BCUT2D eigenvalue weighted by atomic mass is 10.1. The van der Waals surface area contributed by atoms with Gasteiger partial charge in [-0.05, 0) is 55.6 Å². The number of aryl methyl sites for hydroxylation is 2. The smallest absolute Gasteiger partial charge is 0.255 e. The van der Waals surface area contributed by atoms with E-state index in [0.29, 0.717) is 30.2 Å². The average Bonchev–Trinajstić information content (AvgIpc) is 3.09. The van der Waals surface area contributed by atoms with Gasteiger partial charge in [-0.1, -0.05) is 23.8 Å². The van der Waals surface area contributed by atoms with Crippen LogP contribution in [0.2, 0.25) is 0 Å². The summed E-state index contributed by atoms with van der Waals surface area (Å²) in [5.41, 5.74) is 2.85. The number of amides is 1. The highest BCUT2D eigenvalue weighted by Crippen LogP contribution is 2.22. The first-order chi connectivity index (χ1) is 13.5. The van der Waals surface area contributed by atoms with Gasteiger partial charge in [0.15, 0.2) is 5.43 Å². The maximum absolute atomic E-state index is 12.9. The third-order valence-corrected chi connectivity index (χ3v) is 5.48. The number of fused-ring (bicyclic) bond motifs is 2. The Labute approximate surface area is 165 Å². The Morgan fingerprint density at radius 3 is 2.89 bits per heavy atom. The number of benzene rings is 2. The fourth-order valence-electron chi connectivity index (χ4n) is 3.24. The minimum absolute atomic E-state index is 0.00514. The Kier molecular flexibility index (Phi) is 4.83. The molecule has 0 aliphatic heterocycles. The maximum atomic E-state index is 12.9. The summed E-state index contributed by atoms with van der Waals surface area (Å²) in [6.45, 7) is 2.39. The number of aromatic amines is 1. The van der Waals surface area contributed by atoms with Crippen molar-refractivity contribution in [3.8, 4) is 5.75 Å². The van der Waals surface area contributed by atoms with E-state index in [1.165, 1.54) is 17.6 Å². The van der Waals surface area contributed by atoms with Gasteiger partial charge in [-0.3, -0.25) is 9.59 Å². The summed E-state index contributed by atoms with van der Waals surface area (Å²) in [7, 11) is 0. The van der Waals surface area contributed by atoms with E-state index in [9.17, 15) is 14.7 Å². The van der Waals surface area contributed by atoms with Crippen LogP contribution in [-0.2, 0) is 6.42 Å². The zero-order chi connectivity index (χ0) is 19.7. The molecule has 2 aromatic heterocycles. The van der Waals surface area contributed by atoms with Gasteiger partial charge in [0, 0.05) is 11.9 Å². The number of hydrogen-bond donors (Lipinski definition) is 3. The Morgan fingerprint density at radius 1 is 1.25 bits per heavy atom. The molecule has 0 saturated carbocycles. The normalized spacial score (nSPS) is 11.2. The monoisotopic (exact) mass is 393 g/mol. The van der Waals surface area contributed by atoms with Gasteiger partial charge in [0.05, 0.1) is 22.2 Å². The van der Waals surface area contributed by atoms with Crippen LogP contribution in [0.5, 0.6) is 5.75 Å². The first kappa shape index (κ1) is 18.2. The minimum Gasteiger partial charge on any atom is -0.507 e. The number of carbonyl (C=O) groups is 1. The molecule has 6 nitrogen and oxygen atoms in total.